The predicted molar refractivity (Wildman–Crippen MR) is 39.4 cm³/mol. The van der Waals surface area contributed by atoms with Crippen molar-refractivity contribution in [3.63, 3.8) is 0 Å². The largest absolute Gasteiger partial charge is 0.386 e. The van der Waals surface area contributed by atoms with E-state index in [1.165, 1.54) is 0 Å². The quantitative estimate of drug-likeness (QED) is 0.350. The van der Waals surface area contributed by atoms with Gasteiger partial charge in [0, 0.05) is 0 Å². The standard InChI is InChI=1S/C6H15ClNO/c1-5(9)6(7)8(2,3)4/h5-6,9H,1-4H3/q+1/t5?,6-/m1/s1. The van der Waals surface area contributed by atoms with E-state index in [2.05, 4.69) is 0 Å². The summed E-state index contributed by atoms with van der Waals surface area (Å²) in [6, 6.07) is 0. The van der Waals surface area contributed by atoms with Crippen molar-refractivity contribution in [2.75, 3.05) is 21.1 Å². The first kappa shape index (κ1) is 9.21. The highest BCUT2D eigenvalue weighted by Crippen LogP contribution is 2.11. The molecule has 56 valence electrons. The minimum atomic E-state index is -0.452. The SMILES string of the molecule is CC(O)[C@H](Cl)[N+](C)(C)C. The van der Waals surface area contributed by atoms with Crippen molar-refractivity contribution in [3.8, 4) is 0 Å². The average molecular weight is 153 g/mol. The van der Waals surface area contributed by atoms with Crippen LogP contribution in [-0.2, 0) is 0 Å². The molecule has 0 amide bonds. The first-order valence-corrected chi connectivity index (χ1v) is 3.42. The molecule has 0 rings (SSSR count). The number of quaternary nitrogens is 1. The molecule has 0 fully saturated rings. The highest BCUT2D eigenvalue weighted by Gasteiger charge is 2.25. The van der Waals surface area contributed by atoms with Crippen LogP contribution >= 0.6 is 11.6 Å². The lowest BCUT2D eigenvalue weighted by atomic mass is 10.3. The molecule has 0 aromatic heterocycles. The van der Waals surface area contributed by atoms with Gasteiger partial charge >= 0.3 is 0 Å². The van der Waals surface area contributed by atoms with E-state index in [9.17, 15) is 0 Å². The fourth-order valence-electron chi connectivity index (χ4n) is 0.647. The molecule has 9 heavy (non-hydrogen) atoms. The Morgan fingerprint density at radius 1 is 1.33 bits per heavy atom. The summed E-state index contributed by atoms with van der Waals surface area (Å²) in [4.78, 5) is 0. The zero-order valence-electron chi connectivity index (χ0n) is 6.43. The number of hydrogen-bond acceptors (Lipinski definition) is 1. The molecule has 0 aromatic carbocycles. The highest BCUT2D eigenvalue weighted by molar-refractivity contribution is 6.19. The molecule has 0 aliphatic heterocycles. The van der Waals surface area contributed by atoms with Crippen LogP contribution in [0.5, 0.6) is 0 Å². The van der Waals surface area contributed by atoms with E-state index in [1.54, 1.807) is 6.92 Å². The molecule has 0 radical (unpaired) electrons. The van der Waals surface area contributed by atoms with Crippen LogP contribution in [0.15, 0.2) is 0 Å². The minimum absolute atomic E-state index is 0.218. The van der Waals surface area contributed by atoms with E-state index >= 15 is 0 Å². The summed E-state index contributed by atoms with van der Waals surface area (Å²) in [7, 11) is 5.85. The topological polar surface area (TPSA) is 20.2 Å². The molecule has 0 aliphatic rings. The predicted octanol–water partition coefficient (Wildman–Crippen LogP) is 0.638. The van der Waals surface area contributed by atoms with Crippen molar-refractivity contribution in [2.45, 2.75) is 18.5 Å². The summed E-state index contributed by atoms with van der Waals surface area (Å²) < 4.78 is 0.583. The average Bonchev–Trinajstić information content (AvgIpc) is 1.62. The van der Waals surface area contributed by atoms with Crippen LogP contribution in [0.3, 0.4) is 0 Å². The Morgan fingerprint density at radius 3 is 1.67 bits per heavy atom. The summed E-state index contributed by atoms with van der Waals surface area (Å²) in [5.41, 5.74) is -0.218. The molecule has 2 atom stereocenters. The maximum absolute atomic E-state index is 9.01. The first-order valence-electron chi connectivity index (χ1n) is 2.99. The first-order chi connectivity index (χ1) is 3.85. The number of aliphatic hydroxyl groups excluding tert-OH is 1. The number of rotatable bonds is 2. The van der Waals surface area contributed by atoms with E-state index in [4.69, 9.17) is 16.7 Å². The molecule has 1 N–H and O–H groups in total. The zero-order valence-corrected chi connectivity index (χ0v) is 7.18. The van der Waals surface area contributed by atoms with Crippen molar-refractivity contribution in [1.29, 1.82) is 0 Å². The van der Waals surface area contributed by atoms with E-state index in [-0.39, 0.29) is 5.50 Å². The van der Waals surface area contributed by atoms with Crippen LogP contribution in [0.4, 0.5) is 0 Å². The lowest BCUT2D eigenvalue weighted by Crippen LogP contribution is -2.47. The third-order valence-corrected chi connectivity index (χ3v) is 2.09. The Labute approximate surface area is 61.6 Å². The Hall–Kier alpha value is 0.210. The fraction of sp³-hybridized carbons (Fsp3) is 1.00. The molecule has 0 saturated heterocycles. The summed E-state index contributed by atoms with van der Waals surface area (Å²) in [5.74, 6) is 0. The van der Waals surface area contributed by atoms with Gasteiger partial charge < -0.3 is 9.59 Å². The van der Waals surface area contributed by atoms with E-state index < -0.39 is 6.10 Å². The summed E-state index contributed by atoms with van der Waals surface area (Å²) in [6.07, 6.45) is -0.452. The number of aliphatic hydroxyl groups is 1. The van der Waals surface area contributed by atoms with Crippen molar-refractivity contribution < 1.29 is 9.59 Å². The zero-order chi connectivity index (χ0) is 7.65. The number of nitrogens with zero attached hydrogens (tertiary/aromatic N) is 1. The molecule has 0 aliphatic carbocycles. The molecule has 3 heteroatoms. The fourth-order valence-corrected chi connectivity index (χ4v) is 0.647. The highest BCUT2D eigenvalue weighted by atomic mass is 35.5. The van der Waals surface area contributed by atoms with Gasteiger partial charge in [0.15, 0.2) is 5.50 Å². The molecule has 0 aromatic rings. The van der Waals surface area contributed by atoms with Crippen molar-refractivity contribution in [1.82, 2.24) is 0 Å². The molecule has 0 saturated carbocycles. The second-order valence-electron chi connectivity index (χ2n) is 3.23. The molecule has 1 unspecified atom stereocenters. The lowest BCUT2D eigenvalue weighted by Gasteiger charge is -2.31. The van der Waals surface area contributed by atoms with Crippen LogP contribution in [0.2, 0.25) is 0 Å². The van der Waals surface area contributed by atoms with Crippen molar-refractivity contribution >= 4 is 11.6 Å². The molecule has 0 spiro atoms. The van der Waals surface area contributed by atoms with Gasteiger partial charge in [-0.15, -0.1) is 0 Å². The molecular weight excluding hydrogens is 138 g/mol. The Bertz CT molecular complexity index is 87.5. The van der Waals surface area contributed by atoms with Gasteiger partial charge in [0.2, 0.25) is 0 Å². The Morgan fingerprint density at radius 2 is 1.67 bits per heavy atom. The number of alkyl halides is 1. The maximum Gasteiger partial charge on any atom is 0.190 e. The minimum Gasteiger partial charge on any atom is -0.386 e. The third kappa shape index (κ3) is 3.04. The van der Waals surface area contributed by atoms with E-state index in [1.807, 2.05) is 21.1 Å². The van der Waals surface area contributed by atoms with Gasteiger partial charge in [-0.1, -0.05) is 11.6 Å². The molecular formula is C6H15ClNO+. The van der Waals surface area contributed by atoms with Gasteiger partial charge in [-0.25, -0.2) is 0 Å². The summed E-state index contributed by atoms with van der Waals surface area (Å²) in [5, 5.41) is 9.01. The van der Waals surface area contributed by atoms with Crippen LogP contribution in [0, 0.1) is 0 Å². The smallest absolute Gasteiger partial charge is 0.190 e. The van der Waals surface area contributed by atoms with Crippen LogP contribution in [0.25, 0.3) is 0 Å². The van der Waals surface area contributed by atoms with Crippen LogP contribution in [0.1, 0.15) is 6.92 Å². The molecule has 0 bridgehead atoms. The van der Waals surface area contributed by atoms with E-state index in [0.29, 0.717) is 4.48 Å². The van der Waals surface area contributed by atoms with Gasteiger partial charge in [-0.3, -0.25) is 0 Å². The Balaban J connectivity index is 3.88. The second kappa shape index (κ2) is 2.86. The van der Waals surface area contributed by atoms with Gasteiger partial charge in [0.25, 0.3) is 0 Å². The normalized spacial score (nSPS) is 19.3. The van der Waals surface area contributed by atoms with Crippen molar-refractivity contribution in [2.24, 2.45) is 0 Å². The van der Waals surface area contributed by atoms with E-state index in [0.717, 1.165) is 0 Å². The maximum atomic E-state index is 9.01. The van der Waals surface area contributed by atoms with Crippen LogP contribution < -0.4 is 0 Å². The van der Waals surface area contributed by atoms with Crippen molar-refractivity contribution in [3.05, 3.63) is 0 Å². The summed E-state index contributed by atoms with van der Waals surface area (Å²) >= 11 is 5.81. The van der Waals surface area contributed by atoms with Gasteiger partial charge in [0.05, 0.1) is 21.1 Å². The number of likely N-dealkylation sites (N-methyl/N-ethyl adjacent to an activating group) is 1. The number of hydrogen-bond donors (Lipinski definition) is 1. The Kier molecular flexibility index (Phi) is 2.93. The van der Waals surface area contributed by atoms with Gasteiger partial charge in [-0.2, -0.15) is 0 Å². The van der Waals surface area contributed by atoms with Gasteiger partial charge in [0.1, 0.15) is 6.10 Å². The number of halogens is 1. The molecule has 0 heterocycles. The summed E-state index contributed by atoms with van der Waals surface area (Å²) in [6.45, 7) is 1.70. The third-order valence-electron chi connectivity index (χ3n) is 1.14. The molecule has 2 nitrogen and oxygen atoms in total. The monoisotopic (exact) mass is 152 g/mol. The van der Waals surface area contributed by atoms with Gasteiger partial charge in [-0.05, 0) is 6.92 Å². The lowest BCUT2D eigenvalue weighted by molar-refractivity contribution is -0.885. The van der Waals surface area contributed by atoms with Crippen LogP contribution in [-0.4, -0.2) is 42.3 Å². The second-order valence-corrected chi connectivity index (χ2v) is 3.68.